The minimum Gasteiger partial charge on any atom is -0.213 e. The van der Waals surface area contributed by atoms with Crippen molar-refractivity contribution in [1.82, 2.24) is 15.0 Å². The first kappa shape index (κ1) is 20.3. The number of nitrogens with zero attached hydrogens (tertiary/aromatic N) is 3. The zero-order chi connectivity index (χ0) is 22.5. The third-order valence-electron chi connectivity index (χ3n) is 6.69. The minimum atomic E-state index is -0.0271. The number of aromatic nitrogens is 3. The highest BCUT2D eigenvalue weighted by Gasteiger charge is 2.34. The lowest BCUT2D eigenvalue weighted by molar-refractivity contribution is 0.639. The van der Waals surface area contributed by atoms with E-state index >= 15 is 0 Å². The Kier molecular flexibility index (Phi) is 4.78. The number of rotatable bonds is 3. The molecule has 1 aromatic heterocycles. The van der Waals surface area contributed by atoms with Crippen molar-refractivity contribution in [2.45, 2.75) is 40.0 Å². The number of hydrogen-bond donors (Lipinski definition) is 0. The predicted molar refractivity (Wildman–Crippen MR) is 133 cm³/mol. The van der Waals surface area contributed by atoms with Crippen LogP contribution in [0.3, 0.4) is 0 Å². The maximum Gasteiger partial charge on any atom is 0.164 e. The standard InChI is InChI=1S/C29H27N3/c1-6-10-22-18(2)29(4,5)26-17-21(15-16-24(22)26)27-30-19(3)31-28(32-27)25-14-9-12-20-11-7-8-13-23(20)25/h6-17H,1-5H3/b10-6-. The third-order valence-corrected chi connectivity index (χ3v) is 6.69. The molecule has 5 rings (SSSR count). The van der Waals surface area contributed by atoms with Crippen LogP contribution >= 0.6 is 0 Å². The van der Waals surface area contributed by atoms with E-state index in [9.17, 15) is 0 Å². The molecule has 0 spiro atoms. The van der Waals surface area contributed by atoms with Crippen LogP contribution in [0.2, 0.25) is 0 Å². The summed E-state index contributed by atoms with van der Waals surface area (Å²) in [6, 6.07) is 21.2. The quantitative estimate of drug-likeness (QED) is 0.351. The van der Waals surface area contributed by atoms with Crippen LogP contribution in [-0.2, 0) is 5.41 Å². The van der Waals surface area contributed by atoms with Crippen molar-refractivity contribution in [3.8, 4) is 22.8 Å². The summed E-state index contributed by atoms with van der Waals surface area (Å²) in [5.74, 6) is 2.16. The number of benzene rings is 3. The summed E-state index contributed by atoms with van der Waals surface area (Å²) < 4.78 is 0. The fourth-order valence-corrected chi connectivity index (χ4v) is 4.71. The van der Waals surface area contributed by atoms with E-state index in [1.54, 1.807) is 0 Å². The SMILES string of the molecule is C/C=C\C1=C(C)C(C)(C)c2cc(-c3nc(C)nc(-c4cccc5ccccc45)n3)ccc21. The van der Waals surface area contributed by atoms with Gasteiger partial charge in [-0.3, -0.25) is 0 Å². The predicted octanol–water partition coefficient (Wildman–Crippen LogP) is 7.31. The molecule has 3 aromatic carbocycles. The average molecular weight is 418 g/mol. The maximum absolute atomic E-state index is 4.92. The molecule has 0 fully saturated rings. The second-order valence-electron chi connectivity index (χ2n) is 8.98. The van der Waals surface area contributed by atoms with Crippen molar-refractivity contribution in [3.05, 3.63) is 95.3 Å². The molecule has 1 heterocycles. The van der Waals surface area contributed by atoms with Crippen molar-refractivity contribution >= 4 is 16.3 Å². The van der Waals surface area contributed by atoms with Gasteiger partial charge in [0, 0.05) is 16.5 Å². The molecule has 3 nitrogen and oxygen atoms in total. The molecular formula is C29H27N3. The highest BCUT2D eigenvalue weighted by atomic mass is 15.0. The minimum absolute atomic E-state index is 0.0271. The fraction of sp³-hybridized carbons (Fsp3) is 0.207. The fourth-order valence-electron chi connectivity index (χ4n) is 4.71. The molecule has 1 aliphatic rings. The Labute approximate surface area is 189 Å². The summed E-state index contributed by atoms with van der Waals surface area (Å²) in [6.07, 6.45) is 4.33. The molecule has 0 bridgehead atoms. The van der Waals surface area contributed by atoms with E-state index in [1.807, 2.05) is 6.92 Å². The average Bonchev–Trinajstić information content (AvgIpc) is 2.99. The monoisotopic (exact) mass is 417 g/mol. The molecule has 0 saturated carbocycles. The van der Waals surface area contributed by atoms with Crippen LogP contribution in [0.4, 0.5) is 0 Å². The first-order valence-corrected chi connectivity index (χ1v) is 11.1. The molecular weight excluding hydrogens is 390 g/mol. The molecule has 0 atom stereocenters. The summed E-state index contributed by atoms with van der Waals surface area (Å²) in [4.78, 5) is 14.3. The van der Waals surface area contributed by atoms with E-state index in [2.05, 4.69) is 105 Å². The van der Waals surface area contributed by atoms with Crippen LogP contribution in [0.15, 0.2) is 78.4 Å². The highest BCUT2D eigenvalue weighted by Crippen LogP contribution is 2.47. The molecule has 0 N–H and O–H groups in total. The van der Waals surface area contributed by atoms with Crippen LogP contribution in [-0.4, -0.2) is 15.0 Å². The van der Waals surface area contributed by atoms with Gasteiger partial charge in [0.25, 0.3) is 0 Å². The van der Waals surface area contributed by atoms with Crippen molar-refractivity contribution in [1.29, 1.82) is 0 Å². The topological polar surface area (TPSA) is 38.7 Å². The molecule has 32 heavy (non-hydrogen) atoms. The molecule has 4 aromatic rings. The molecule has 0 amide bonds. The van der Waals surface area contributed by atoms with E-state index in [0.717, 1.165) is 28.2 Å². The molecule has 0 radical (unpaired) electrons. The van der Waals surface area contributed by atoms with Gasteiger partial charge in [-0.2, -0.15) is 0 Å². The van der Waals surface area contributed by atoms with Gasteiger partial charge < -0.3 is 0 Å². The van der Waals surface area contributed by atoms with Crippen molar-refractivity contribution in [2.75, 3.05) is 0 Å². The van der Waals surface area contributed by atoms with Gasteiger partial charge in [0.15, 0.2) is 11.6 Å². The highest BCUT2D eigenvalue weighted by molar-refractivity contribution is 5.95. The van der Waals surface area contributed by atoms with Crippen LogP contribution in [0.1, 0.15) is 44.6 Å². The summed E-state index contributed by atoms with van der Waals surface area (Å²) in [6.45, 7) is 10.8. The third kappa shape index (κ3) is 3.16. The lowest BCUT2D eigenvalue weighted by Gasteiger charge is -2.22. The van der Waals surface area contributed by atoms with Gasteiger partial charge in [-0.15, -0.1) is 0 Å². The lowest BCUT2D eigenvalue weighted by atomic mass is 9.81. The second-order valence-corrected chi connectivity index (χ2v) is 8.98. The van der Waals surface area contributed by atoms with Crippen LogP contribution in [0.25, 0.3) is 39.1 Å². The Morgan fingerprint density at radius 1 is 0.781 bits per heavy atom. The van der Waals surface area contributed by atoms with Crippen LogP contribution in [0, 0.1) is 6.92 Å². The van der Waals surface area contributed by atoms with E-state index in [1.165, 1.54) is 27.7 Å². The van der Waals surface area contributed by atoms with E-state index in [0.29, 0.717) is 5.82 Å². The van der Waals surface area contributed by atoms with Gasteiger partial charge in [-0.25, -0.2) is 15.0 Å². The van der Waals surface area contributed by atoms with Crippen molar-refractivity contribution < 1.29 is 0 Å². The molecule has 0 aliphatic heterocycles. The Morgan fingerprint density at radius 2 is 1.53 bits per heavy atom. The summed E-state index contributed by atoms with van der Waals surface area (Å²) in [5, 5.41) is 2.33. The van der Waals surface area contributed by atoms with Gasteiger partial charge in [0.2, 0.25) is 0 Å². The number of hydrogen-bond acceptors (Lipinski definition) is 3. The zero-order valence-corrected chi connectivity index (χ0v) is 19.3. The second kappa shape index (κ2) is 7.52. The van der Waals surface area contributed by atoms with Gasteiger partial charge >= 0.3 is 0 Å². The van der Waals surface area contributed by atoms with E-state index < -0.39 is 0 Å². The summed E-state index contributed by atoms with van der Waals surface area (Å²) >= 11 is 0. The van der Waals surface area contributed by atoms with Gasteiger partial charge in [-0.1, -0.05) is 86.2 Å². The lowest BCUT2D eigenvalue weighted by Crippen LogP contribution is -2.15. The Balaban J connectivity index is 1.66. The van der Waals surface area contributed by atoms with Crippen molar-refractivity contribution in [2.24, 2.45) is 0 Å². The summed E-state index contributed by atoms with van der Waals surface area (Å²) in [5.41, 5.74) is 7.37. The van der Waals surface area contributed by atoms with Gasteiger partial charge in [0.1, 0.15) is 5.82 Å². The van der Waals surface area contributed by atoms with E-state index in [-0.39, 0.29) is 5.41 Å². The van der Waals surface area contributed by atoms with E-state index in [4.69, 9.17) is 9.97 Å². The molecule has 0 unspecified atom stereocenters. The Hall–Kier alpha value is -3.59. The largest absolute Gasteiger partial charge is 0.213 e. The number of aryl methyl sites for hydroxylation is 1. The smallest absolute Gasteiger partial charge is 0.164 e. The normalized spacial score (nSPS) is 15.0. The number of allylic oxidation sites excluding steroid dienone is 4. The molecule has 0 saturated heterocycles. The summed E-state index contributed by atoms with van der Waals surface area (Å²) in [7, 11) is 0. The maximum atomic E-state index is 4.92. The van der Waals surface area contributed by atoms with Crippen LogP contribution < -0.4 is 0 Å². The molecule has 1 aliphatic carbocycles. The molecule has 3 heteroatoms. The van der Waals surface area contributed by atoms with Crippen LogP contribution in [0.5, 0.6) is 0 Å². The van der Waals surface area contributed by atoms with Gasteiger partial charge in [0.05, 0.1) is 0 Å². The number of fused-ring (bicyclic) bond motifs is 2. The Morgan fingerprint density at radius 3 is 2.34 bits per heavy atom. The Bertz CT molecular complexity index is 1420. The van der Waals surface area contributed by atoms with Gasteiger partial charge in [-0.05, 0) is 54.3 Å². The first-order valence-electron chi connectivity index (χ1n) is 11.1. The van der Waals surface area contributed by atoms with Crippen molar-refractivity contribution in [3.63, 3.8) is 0 Å². The zero-order valence-electron chi connectivity index (χ0n) is 19.3. The first-order chi connectivity index (χ1) is 15.4. The molecule has 158 valence electrons.